The van der Waals surface area contributed by atoms with E-state index in [0.717, 1.165) is 16.4 Å². The fourth-order valence-electron chi connectivity index (χ4n) is 2.98. The van der Waals surface area contributed by atoms with Crippen LogP contribution in [0, 0.1) is 5.92 Å². The maximum atomic E-state index is 13.1. The molecule has 182 valence electrons. The summed E-state index contributed by atoms with van der Waals surface area (Å²) in [4.78, 5) is 11.2. The summed E-state index contributed by atoms with van der Waals surface area (Å²) in [5, 5.41) is 0. The van der Waals surface area contributed by atoms with Gasteiger partial charge in [0.05, 0.1) is 12.5 Å². The lowest BCUT2D eigenvalue weighted by Crippen LogP contribution is -2.42. The SMILES string of the molecule is CCOC(=O)C1CCCN(S(=O)(=O)c2cc(OCC(F)(F)F)ccc2OCC(F)(F)F)C1. The number of nitrogens with zero attached hydrogens (tertiary/aromatic N) is 1. The van der Waals surface area contributed by atoms with E-state index < -0.39 is 63.9 Å². The van der Waals surface area contributed by atoms with Gasteiger partial charge in [0, 0.05) is 19.2 Å². The van der Waals surface area contributed by atoms with E-state index >= 15 is 0 Å². The molecule has 7 nitrogen and oxygen atoms in total. The highest BCUT2D eigenvalue weighted by atomic mass is 32.2. The third-order valence-electron chi connectivity index (χ3n) is 4.33. The van der Waals surface area contributed by atoms with Gasteiger partial charge in [0.25, 0.3) is 0 Å². The van der Waals surface area contributed by atoms with E-state index in [4.69, 9.17) is 4.74 Å². The zero-order valence-electron chi connectivity index (χ0n) is 16.8. The molecule has 0 aromatic heterocycles. The van der Waals surface area contributed by atoms with E-state index in [0.29, 0.717) is 12.5 Å². The molecule has 2 rings (SSSR count). The molecule has 0 aliphatic carbocycles. The number of ether oxygens (including phenoxy) is 3. The molecule has 1 atom stereocenters. The number of sulfonamides is 1. The van der Waals surface area contributed by atoms with Crippen LogP contribution in [0.4, 0.5) is 26.3 Å². The first-order valence-electron chi connectivity index (χ1n) is 9.43. The molecule has 0 N–H and O–H groups in total. The molecule has 1 aliphatic rings. The van der Waals surface area contributed by atoms with Crippen molar-refractivity contribution >= 4 is 16.0 Å². The number of piperidine rings is 1. The van der Waals surface area contributed by atoms with Gasteiger partial charge in [0.2, 0.25) is 10.0 Å². The Labute approximate surface area is 180 Å². The van der Waals surface area contributed by atoms with Gasteiger partial charge in [-0.1, -0.05) is 0 Å². The molecule has 0 saturated carbocycles. The first-order valence-corrected chi connectivity index (χ1v) is 10.9. The molecular weight excluding hydrogens is 472 g/mol. The molecule has 32 heavy (non-hydrogen) atoms. The van der Waals surface area contributed by atoms with Gasteiger partial charge in [0.15, 0.2) is 13.2 Å². The van der Waals surface area contributed by atoms with Gasteiger partial charge in [-0.15, -0.1) is 0 Å². The number of hydrogen-bond donors (Lipinski definition) is 0. The second-order valence-corrected chi connectivity index (χ2v) is 8.78. The first-order chi connectivity index (χ1) is 14.7. The van der Waals surface area contributed by atoms with Crippen LogP contribution in [0.25, 0.3) is 0 Å². The number of carbonyl (C=O) groups excluding carboxylic acids is 1. The van der Waals surface area contributed by atoms with E-state index in [1.807, 2.05) is 0 Å². The van der Waals surface area contributed by atoms with Gasteiger partial charge in [0.1, 0.15) is 16.4 Å². The Bertz CT molecular complexity index is 902. The van der Waals surface area contributed by atoms with Crippen LogP contribution in [-0.4, -0.2) is 64.0 Å². The number of esters is 1. The molecule has 1 unspecified atom stereocenters. The van der Waals surface area contributed by atoms with Crippen molar-refractivity contribution in [1.29, 1.82) is 0 Å². The van der Waals surface area contributed by atoms with Gasteiger partial charge in [-0.2, -0.15) is 30.6 Å². The standard InChI is InChI=1S/C18H21F6NO6S/c1-2-29-16(26)12-4-3-7-25(9-12)32(27,28)15-8-13(30-10-17(19,20)21)5-6-14(15)31-11-18(22,23)24/h5-6,8,12H,2-4,7,9-11H2,1H3. The lowest BCUT2D eigenvalue weighted by Gasteiger charge is -2.31. The van der Waals surface area contributed by atoms with Crippen molar-refractivity contribution in [1.82, 2.24) is 4.31 Å². The fourth-order valence-corrected chi connectivity index (χ4v) is 4.65. The summed E-state index contributed by atoms with van der Waals surface area (Å²) in [6, 6.07) is 2.33. The summed E-state index contributed by atoms with van der Waals surface area (Å²) in [5.41, 5.74) is 0. The fraction of sp³-hybridized carbons (Fsp3) is 0.611. The predicted molar refractivity (Wildman–Crippen MR) is 97.7 cm³/mol. The van der Waals surface area contributed by atoms with E-state index in [9.17, 15) is 39.6 Å². The Morgan fingerprint density at radius 3 is 2.31 bits per heavy atom. The number of carbonyl (C=O) groups is 1. The van der Waals surface area contributed by atoms with E-state index in [-0.39, 0.29) is 26.1 Å². The topological polar surface area (TPSA) is 82.1 Å². The van der Waals surface area contributed by atoms with E-state index in [1.165, 1.54) is 0 Å². The van der Waals surface area contributed by atoms with Crippen molar-refractivity contribution < 1.29 is 53.8 Å². The highest BCUT2D eigenvalue weighted by Crippen LogP contribution is 2.34. The molecule has 1 fully saturated rings. The van der Waals surface area contributed by atoms with Crippen LogP contribution >= 0.6 is 0 Å². The minimum atomic E-state index is -4.79. The first kappa shape index (κ1) is 26.0. The quantitative estimate of drug-likeness (QED) is 0.407. The van der Waals surface area contributed by atoms with Crippen molar-refractivity contribution in [3.8, 4) is 11.5 Å². The summed E-state index contributed by atoms with van der Waals surface area (Å²) in [6.07, 6.45) is -8.89. The van der Waals surface area contributed by atoms with Crippen LogP contribution in [0.3, 0.4) is 0 Å². The van der Waals surface area contributed by atoms with Crippen LogP contribution in [0.2, 0.25) is 0 Å². The minimum absolute atomic E-state index is 0.0510. The second kappa shape index (κ2) is 10.1. The molecule has 1 heterocycles. The van der Waals surface area contributed by atoms with Gasteiger partial charge < -0.3 is 14.2 Å². The number of alkyl halides is 6. The average Bonchev–Trinajstić information content (AvgIpc) is 2.70. The minimum Gasteiger partial charge on any atom is -0.484 e. The zero-order valence-corrected chi connectivity index (χ0v) is 17.6. The zero-order chi connectivity index (χ0) is 24.2. The lowest BCUT2D eigenvalue weighted by molar-refractivity contribution is -0.154. The van der Waals surface area contributed by atoms with Crippen molar-refractivity contribution in [2.24, 2.45) is 5.92 Å². The molecule has 0 bridgehead atoms. The van der Waals surface area contributed by atoms with Gasteiger partial charge >= 0.3 is 18.3 Å². The lowest BCUT2D eigenvalue weighted by atomic mass is 10.0. The van der Waals surface area contributed by atoms with Gasteiger partial charge in [-0.3, -0.25) is 4.79 Å². The van der Waals surface area contributed by atoms with Gasteiger partial charge in [-0.25, -0.2) is 8.42 Å². The molecule has 1 aromatic carbocycles. The smallest absolute Gasteiger partial charge is 0.422 e. The van der Waals surface area contributed by atoms with Crippen LogP contribution in [0.5, 0.6) is 11.5 Å². The highest BCUT2D eigenvalue weighted by Gasteiger charge is 2.37. The maximum Gasteiger partial charge on any atom is 0.422 e. The third-order valence-corrected chi connectivity index (χ3v) is 6.22. The van der Waals surface area contributed by atoms with Crippen LogP contribution in [0.15, 0.2) is 23.1 Å². The summed E-state index contributed by atoms with van der Waals surface area (Å²) in [7, 11) is -4.55. The number of halogens is 6. The van der Waals surface area contributed by atoms with Crippen molar-refractivity contribution in [2.45, 2.75) is 37.0 Å². The number of rotatable bonds is 8. The second-order valence-electron chi connectivity index (χ2n) is 6.87. The predicted octanol–water partition coefficient (Wildman–Crippen LogP) is 3.53. The Kier molecular flexibility index (Phi) is 8.26. The monoisotopic (exact) mass is 493 g/mol. The molecule has 0 radical (unpaired) electrons. The molecule has 1 aliphatic heterocycles. The average molecular weight is 493 g/mol. The van der Waals surface area contributed by atoms with Crippen molar-refractivity contribution in [2.75, 3.05) is 32.9 Å². The molecule has 0 amide bonds. The van der Waals surface area contributed by atoms with Crippen LogP contribution in [0.1, 0.15) is 19.8 Å². The van der Waals surface area contributed by atoms with Crippen LogP contribution < -0.4 is 9.47 Å². The Morgan fingerprint density at radius 1 is 1.09 bits per heavy atom. The molecular formula is C18H21F6NO6S. The molecule has 1 saturated heterocycles. The third kappa shape index (κ3) is 7.43. The number of hydrogen-bond acceptors (Lipinski definition) is 6. The summed E-state index contributed by atoms with van der Waals surface area (Å²) in [6.45, 7) is -2.24. The maximum absolute atomic E-state index is 13.1. The largest absolute Gasteiger partial charge is 0.484 e. The van der Waals surface area contributed by atoms with Gasteiger partial charge in [-0.05, 0) is 31.9 Å². The molecule has 1 aromatic rings. The Morgan fingerprint density at radius 2 is 1.72 bits per heavy atom. The highest BCUT2D eigenvalue weighted by molar-refractivity contribution is 7.89. The summed E-state index contributed by atoms with van der Waals surface area (Å²) >= 11 is 0. The summed E-state index contributed by atoms with van der Waals surface area (Å²) in [5.74, 6) is -2.65. The molecule has 14 heteroatoms. The Hall–Kier alpha value is -2.22. The summed E-state index contributed by atoms with van der Waals surface area (Å²) < 4.78 is 116. The number of benzene rings is 1. The van der Waals surface area contributed by atoms with Crippen molar-refractivity contribution in [3.05, 3.63) is 18.2 Å². The normalized spacial score (nSPS) is 18.3. The van der Waals surface area contributed by atoms with E-state index in [1.54, 1.807) is 6.92 Å². The molecule has 0 spiro atoms. The van der Waals surface area contributed by atoms with Crippen molar-refractivity contribution in [3.63, 3.8) is 0 Å². The Balaban J connectivity index is 2.37. The van der Waals surface area contributed by atoms with E-state index in [2.05, 4.69) is 9.47 Å². The van der Waals surface area contributed by atoms with Crippen LogP contribution in [-0.2, 0) is 19.6 Å².